The van der Waals surface area contributed by atoms with E-state index < -0.39 is 0 Å². The Morgan fingerprint density at radius 2 is 2.08 bits per heavy atom. The molecule has 0 aromatic heterocycles. The fraction of sp³-hybridized carbons (Fsp3) is 0.333. The van der Waals surface area contributed by atoms with Crippen LogP contribution in [0.1, 0.15) is 30.4 Å². The average Bonchev–Trinajstić information content (AvgIpc) is 2.16. The normalized spacial score (nSPS) is 12.5. The minimum atomic E-state index is 0.0494. The maximum absolute atomic E-state index is 6.20. The van der Waals surface area contributed by atoms with Crippen molar-refractivity contribution in [3.8, 4) is 12.3 Å². The molecule has 68 valence electrons. The summed E-state index contributed by atoms with van der Waals surface area (Å²) < 4.78 is 0. The third-order valence-corrected chi connectivity index (χ3v) is 2.71. The van der Waals surface area contributed by atoms with Crippen molar-refractivity contribution in [2.75, 3.05) is 0 Å². The highest BCUT2D eigenvalue weighted by molar-refractivity contribution is 6.20. The van der Waals surface area contributed by atoms with Crippen LogP contribution in [0.15, 0.2) is 24.3 Å². The van der Waals surface area contributed by atoms with Crippen LogP contribution in [0.5, 0.6) is 0 Å². The molecule has 0 nitrogen and oxygen atoms in total. The highest BCUT2D eigenvalue weighted by Gasteiger charge is 2.11. The van der Waals surface area contributed by atoms with Gasteiger partial charge < -0.3 is 0 Å². The number of rotatable bonds is 2. The summed E-state index contributed by atoms with van der Waals surface area (Å²) in [5, 5.41) is 0.0494. The second-order valence-electron chi connectivity index (χ2n) is 3.42. The van der Waals surface area contributed by atoms with Gasteiger partial charge in [0.15, 0.2) is 0 Å². The number of hydrogen-bond acceptors (Lipinski definition) is 0. The third kappa shape index (κ3) is 2.50. The molecule has 0 aliphatic carbocycles. The number of hydrogen-bond donors (Lipinski definition) is 0. The summed E-state index contributed by atoms with van der Waals surface area (Å²) in [7, 11) is 0. The molecule has 1 aromatic carbocycles. The van der Waals surface area contributed by atoms with Gasteiger partial charge >= 0.3 is 0 Å². The number of halogens is 1. The summed E-state index contributed by atoms with van der Waals surface area (Å²) in [6.45, 7) is 4.19. The zero-order chi connectivity index (χ0) is 9.84. The number of benzene rings is 1. The first kappa shape index (κ1) is 10.2. The molecule has 0 amide bonds. The molecule has 0 radical (unpaired) electrons. The molecule has 0 saturated carbocycles. The summed E-state index contributed by atoms with van der Waals surface area (Å²) in [6, 6.07) is 7.84. The highest BCUT2D eigenvalue weighted by atomic mass is 35.5. The molecule has 0 heterocycles. The van der Waals surface area contributed by atoms with Gasteiger partial charge in [-0.15, -0.1) is 18.0 Å². The van der Waals surface area contributed by atoms with Gasteiger partial charge in [0.1, 0.15) is 0 Å². The Bertz CT molecular complexity index is 320. The lowest BCUT2D eigenvalue weighted by Gasteiger charge is -2.13. The van der Waals surface area contributed by atoms with Gasteiger partial charge in [0.25, 0.3) is 0 Å². The topological polar surface area (TPSA) is 0 Å². The minimum Gasteiger partial charge on any atom is -0.118 e. The summed E-state index contributed by atoms with van der Waals surface area (Å²) in [5.74, 6) is 3.03. The molecule has 0 aliphatic rings. The monoisotopic (exact) mass is 192 g/mol. The Labute approximate surface area is 84.9 Å². The van der Waals surface area contributed by atoms with E-state index >= 15 is 0 Å². The standard InChI is InChI=1S/C12H13Cl/c1-4-10-6-5-7-11(8-10)12(13)9(2)3/h1,5-9,12H,2-3H3. The maximum Gasteiger partial charge on any atom is 0.0608 e. The van der Waals surface area contributed by atoms with Crippen LogP contribution in [0, 0.1) is 18.3 Å². The van der Waals surface area contributed by atoms with E-state index in [1.54, 1.807) is 0 Å². The summed E-state index contributed by atoms with van der Waals surface area (Å²) in [4.78, 5) is 0. The largest absolute Gasteiger partial charge is 0.118 e. The molecule has 0 spiro atoms. The molecule has 1 aromatic rings. The first-order valence-electron chi connectivity index (χ1n) is 4.35. The summed E-state index contributed by atoms with van der Waals surface area (Å²) >= 11 is 6.20. The van der Waals surface area contributed by atoms with Gasteiger partial charge in [0, 0.05) is 5.56 Å². The van der Waals surface area contributed by atoms with Crippen LogP contribution in [-0.2, 0) is 0 Å². The predicted molar refractivity (Wildman–Crippen MR) is 57.8 cm³/mol. The lowest BCUT2D eigenvalue weighted by Crippen LogP contribution is -1.99. The summed E-state index contributed by atoms with van der Waals surface area (Å²) in [5.41, 5.74) is 2.00. The second kappa shape index (κ2) is 4.35. The highest BCUT2D eigenvalue weighted by Crippen LogP contribution is 2.28. The third-order valence-electron chi connectivity index (χ3n) is 1.96. The quantitative estimate of drug-likeness (QED) is 0.496. The van der Waals surface area contributed by atoms with Crippen LogP contribution >= 0.6 is 11.6 Å². The van der Waals surface area contributed by atoms with Gasteiger partial charge in [-0.2, -0.15) is 0 Å². The van der Waals surface area contributed by atoms with Crippen molar-refractivity contribution in [1.82, 2.24) is 0 Å². The SMILES string of the molecule is C#Cc1cccc(C(Cl)C(C)C)c1. The van der Waals surface area contributed by atoms with Crippen LogP contribution in [0.2, 0.25) is 0 Å². The van der Waals surface area contributed by atoms with E-state index in [4.69, 9.17) is 18.0 Å². The molecule has 0 N–H and O–H groups in total. The first-order valence-corrected chi connectivity index (χ1v) is 4.79. The molecular weight excluding hydrogens is 180 g/mol. The molecule has 1 heteroatoms. The van der Waals surface area contributed by atoms with Crippen molar-refractivity contribution >= 4 is 11.6 Å². The fourth-order valence-electron chi connectivity index (χ4n) is 1.18. The minimum absolute atomic E-state index is 0.0494. The summed E-state index contributed by atoms with van der Waals surface area (Å²) in [6.07, 6.45) is 5.30. The van der Waals surface area contributed by atoms with Crippen molar-refractivity contribution in [3.63, 3.8) is 0 Å². The molecule has 0 bridgehead atoms. The van der Waals surface area contributed by atoms with Gasteiger partial charge in [0.05, 0.1) is 5.38 Å². The van der Waals surface area contributed by atoms with Crippen molar-refractivity contribution < 1.29 is 0 Å². The van der Waals surface area contributed by atoms with Gasteiger partial charge in [0.2, 0.25) is 0 Å². The van der Waals surface area contributed by atoms with E-state index in [-0.39, 0.29) is 5.38 Å². The van der Waals surface area contributed by atoms with Gasteiger partial charge in [-0.05, 0) is 23.6 Å². The van der Waals surface area contributed by atoms with E-state index in [9.17, 15) is 0 Å². The lowest BCUT2D eigenvalue weighted by molar-refractivity contribution is 0.624. The van der Waals surface area contributed by atoms with Crippen LogP contribution in [0.3, 0.4) is 0 Å². The molecule has 13 heavy (non-hydrogen) atoms. The molecule has 0 saturated heterocycles. The van der Waals surface area contributed by atoms with E-state index in [0.717, 1.165) is 11.1 Å². The van der Waals surface area contributed by atoms with Crippen molar-refractivity contribution in [2.24, 2.45) is 5.92 Å². The zero-order valence-electron chi connectivity index (χ0n) is 7.92. The maximum atomic E-state index is 6.20. The Morgan fingerprint density at radius 3 is 2.62 bits per heavy atom. The molecule has 1 atom stereocenters. The predicted octanol–water partition coefficient (Wildman–Crippen LogP) is 3.60. The van der Waals surface area contributed by atoms with Crippen LogP contribution in [-0.4, -0.2) is 0 Å². The Balaban J connectivity index is 2.96. The molecule has 0 fully saturated rings. The van der Waals surface area contributed by atoms with E-state index in [1.165, 1.54) is 0 Å². The van der Waals surface area contributed by atoms with E-state index in [1.807, 2.05) is 24.3 Å². The fourth-order valence-corrected chi connectivity index (χ4v) is 1.32. The Kier molecular flexibility index (Phi) is 3.39. The molecule has 1 unspecified atom stereocenters. The van der Waals surface area contributed by atoms with Gasteiger partial charge in [-0.3, -0.25) is 0 Å². The zero-order valence-corrected chi connectivity index (χ0v) is 8.68. The average molecular weight is 193 g/mol. The van der Waals surface area contributed by atoms with E-state index in [0.29, 0.717) is 5.92 Å². The van der Waals surface area contributed by atoms with Crippen LogP contribution in [0.25, 0.3) is 0 Å². The van der Waals surface area contributed by atoms with Gasteiger partial charge in [-0.1, -0.05) is 31.9 Å². The molecule has 0 aliphatic heterocycles. The smallest absolute Gasteiger partial charge is 0.0608 e. The van der Waals surface area contributed by atoms with Crippen LogP contribution < -0.4 is 0 Å². The second-order valence-corrected chi connectivity index (χ2v) is 3.89. The van der Waals surface area contributed by atoms with Crippen molar-refractivity contribution in [2.45, 2.75) is 19.2 Å². The lowest BCUT2D eigenvalue weighted by atomic mass is 10.0. The number of terminal acetylenes is 1. The number of alkyl halides is 1. The Morgan fingerprint density at radius 1 is 1.38 bits per heavy atom. The Hall–Kier alpha value is -0.930. The molecule has 1 rings (SSSR count). The molecular formula is C12H13Cl. The van der Waals surface area contributed by atoms with Crippen LogP contribution in [0.4, 0.5) is 0 Å². The van der Waals surface area contributed by atoms with Crippen molar-refractivity contribution in [1.29, 1.82) is 0 Å². The first-order chi connectivity index (χ1) is 6.15. The van der Waals surface area contributed by atoms with Crippen molar-refractivity contribution in [3.05, 3.63) is 35.4 Å². The van der Waals surface area contributed by atoms with Gasteiger partial charge in [-0.25, -0.2) is 0 Å². The van der Waals surface area contributed by atoms with E-state index in [2.05, 4.69) is 19.8 Å².